The maximum absolute atomic E-state index is 11.9. The first-order chi connectivity index (χ1) is 8.58. The van der Waals surface area contributed by atoms with Crippen LogP contribution in [-0.2, 0) is 7.05 Å². The quantitative estimate of drug-likeness (QED) is 0.838. The van der Waals surface area contributed by atoms with Crippen LogP contribution in [0.2, 0.25) is 0 Å². The molecule has 1 aliphatic carbocycles. The van der Waals surface area contributed by atoms with Gasteiger partial charge in [0.15, 0.2) is 5.78 Å². The maximum atomic E-state index is 11.9. The molecule has 4 nitrogen and oxygen atoms in total. The van der Waals surface area contributed by atoms with E-state index >= 15 is 0 Å². The van der Waals surface area contributed by atoms with Crippen LogP contribution in [0.5, 0.6) is 0 Å². The molecule has 18 heavy (non-hydrogen) atoms. The Morgan fingerprint density at radius 3 is 2.83 bits per heavy atom. The molecule has 1 aromatic carbocycles. The Kier molecular flexibility index (Phi) is 2.48. The van der Waals surface area contributed by atoms with Crippen molar-refractivity contribution in [2.24, 2.45) is 12.8 Å². The Morgan fingerprint density at radius 1 is 1.50 bits per heavy atom. The highest BCUT2D eigenvalue weighted by molar-refractivity contribution is 6.02. The summed E-state index contributed by atoms with van der Waals surface area (Å²) in [5.41, 5.74) is 8.26. The number of benzene rings is 1. The van der Waals surface area contributed by atoms with Crippen molar-refractivity contribution < 1.29 is 4.79 Å². The molecule has 3 rings (SSSR count). The number of imidazole rings is 1. The van der Waals surface area contributed by atoms with Crippen LogP contribution in [0.4, 0.5) is 0 Å². The number of fused-ring (bicyclic) bond motifs is 1. The van der Waals surface area contributed by atoms with Crippen molar-refractivity contribution in [3.8, 4) is 0 Å². The molecule has 2 N–H and O–H groups in total. The van der Waals surface area contributed by atoms with Gasteiger partial charge in [0, 0.05) is 18.5 Å². The number of nitrogens with two attached hydrogens (primary N) is 1. The minimum absolute atomic E-state index is 0.0319. The number of Topliss-reactive ketones (excluding diaryl/α,β-unsaturated/α-hetero) is 1. The van der Waals surface area contributed by atoms with E-state index in [-0.39, 0.29) is 5.78 Å². The lowest BCUT2D eigenvalue weighted by molar-refractivity contribution is 0.0968. The summed E-state index contributed by atoms with van der Waals surface area (Å²) in [6, 6.07) is 5.19. The van der Waals surface area contributed by atoms with Crippen molar-refractivity contribution in [2.75, 3.05) is 0 Å². The minimum Gasteiger partial charge on any atom is -0.331 e. The van der Waals surface area contributed by atoms with Crippen LogP contribution in [0.25, 0.3) is 11.0 Å². The summed E-state index contributed by atoms with van der Waals surface area (Å²) in [5, 5.41) is 0. The number of hydrogen-bond donors (Lipinski definition) is 1. The lowest BCUT2D eigenvalue weighted by Crippen LogP contribution is -2.26. The molecule has 0 amide bonds. The van der Waals surface area contributed by atoms with Crippen LogP contribution in [0.1, 0.15) is 41.9 Å². The van der Waals surface area contributed by atoms with Crippen LogP contribution in [0, 0.1) is 0 Å². The Hall–Kier alpha value is -1.68. The fourth-order valence-electron chi connectivity index (χ4n) is 2.34. The van der Waals surface area contributed by atoms with Crippen molar-refractivity contribution in [1.29, 1.82) is 0 Å². The summed E-state index contributed by atoms with van der Waals surface area (Å²) in [6.45, 7) is 1.71. The molecule has 2 aromatic rings. The topological polar surface area (TPSA) is 60.9 Å². The second kappa shape index (κ2) is 3.92. The standard InChI is InChI=1S/C14H17N3O/c1-8(15)13(18)10-5-6-12-11(7-10)16-14(17(12)2)9-3-4-9/h5-9H,3-4,15H2,1-2H3. The number of carbonyl (C=O) groups excluding carboxylic acids is 1. The third kappa shape index (κ3) is 1.73. The van der Waals surface area contributed by atoms with E-state index in [9.17, 15) is 4.79 Å². The lowest BCUT2D eigenvalue weighted by atomic mass is 10.1. The molecular weight excluding hydrogens is 226 g/mol. The summed E-state index contributed by atoms with van der Waals surface area (Å²) in [5.74, 6) is 1.71. The van der Waals surface area contributed by atoms with E-state index in [1.165, 1.54) is 12.8 Å². The summed E-state index contributed by atoms with van der Waals surface area (Å²) < 4.78 is 2.13. The Bertz CT molecular complexity index is 623. The normalized spacial score (nSPS) is 17.1. The van der Waals surface area contributed by atoms with Crippen molar-refractivity contribution in [3.05, 3.63) is 29.6 Å². The van der Waals surface area contributed by atoms with Crippen molar-refractivity contribution >= 4 is 16.8 Å². The number of aryl methyl sites for hydroxylation is 1. The van der Waals surface area contributed by atoms with Crippen LogP contribution in [0.3, 0.4) is 0 Å². The largest absolute Gasteiger partial charge is 0.331 e. The number of rotatable bonds is 3. The monoisotopic (exact) mass is 243 g/mol. The van der Waals surface area contributed by atoms with Crippen LogP contribution < -0.4 is 5.73 Å². The van der Waals surface area contributed by atoms with Gasteiger partial charge in [0.05, 0.1) is 17.1 Å². The summed E-state index contributed by atoms with van der Waals surface area (Å²) in [4.78, 5) is 16.5. The van der Waals surface area contributed by atoms with Gasteiger partial charge in [-0.25, -0.2) is 4.98 Å². The van der Waals surface area contributed by atoms with Crippen molar-refractivity contribution in [3.63, 3.8) is 0 Å². The van der Waals surface area contributed by atoms with Gasteiger partial charge in [-0.1, -0.05) is 0 Å². The van der Waals surface area contributed by atoms with Crippen LogP contribution in [0.15, 0.2) is 18.2 Å². The fourth-order valence-corrected chi connectivity index (χ4v) is 2.34. The van der Waals surface area contributed by atoms with Crippen LogP contribution in [-0.4, -0.2) is 21.4 Å². The van der Waals surface area contributed by atoms with E-state index in [0.717, 1.165) is 16.9 Å². The highest BCUT2D eigenvalue weighted by Gasteiger charge is 2.28. The molecule has 1 fully saturated rings. The molecule has 0 aliphatic heterocycles. The average molecular weight is 243 g/mol. The second-order valence-electron chi connectivity index (χ2n) is 5.16. The van der Waals surface area contributed by atoms with Gasteiger partial charge in [0.1, 0.15) is 5.82 Å². The average Bonchev–Trinajstić information content (AvgIpc) is 3.14. The molecule has 0 radical (unpaired) electrons. The number of ketones is 1. The number of aromatic nitrogens is 2. The fraction of sp³-hybridized carbons (Fsp3) is 0.429. The van der Waals surface area contributed by atoms with Crippen molar-refractivity contribution in [2.45, 2.75) is 31.7 Å². The minimum atomic E-state index is -0.464. The first-order valence-electron chi connectivity index (χ1n) is 6.34. The molecule has 1 saturated carbocycles. The molecule has 94 valence electrons. The molecule has 1 heterocycles. The van der Waals surface area contributed by atoms with Gasteiger partial charge in [-0.3, -0.25) is 4.79 Å². The first-order valence-corrected chi connectivity index (χ1v) is 6.34. The summed E-state index contributed by atoms with van der Waals surface area (Å²) in [7, 11) is 2.04. The third-order valence-corrected chi connectivity index (χ3v) is 3.56. The predicted molar refractivity (Wildman–Crippen MR) is 70.7 cm³/mol. The summed E-state index contributed by atoms with van der Waals surface area (Å²) >= 11 is 0. The van der Waals surface area contributed by atoms with Gasteiger partial charge in [0.25, 0.3) is 0 Å². The van der Waals surface area contributed by atoms with E-state index < -0.39 is 6.04 Å². The van der Waals surface area contributed by atoms with Crippen molar-refractivity contribution in [1.82, 2.24) is 9.55 Å². The molecule has 4 heteroatoms. The zero-order valence-corrected chi connectivity index (χ0v) is 10.7. The van der Waals surface area contributed by atoms with E-state index in [4.69, 9.17) is 5.73 Å². The lowest BCUT2D eigenvalue weighted by Gasteiger charge is -2.04. The van der Waals surface area contributed by atoms with Gasteiger partial charge in [0.2, 0.25) is 0 Å². The van der Waals surface area contributed by atoms with Gasteiger partial charge < -0.3 is 10.3 Å². The maximum Gasteiger partial charge on any atom is 0.179 e. The molecule has 0 spiro atoms. The van der Waals surface area contributed by atoms with E-state index in [0.29, 0.717) is 11.5 Å². The molecule has 1 unspecified atom stereocenters. The highest BCUT2D eigenvalue weighted by atomic mass is 16.1. The molecule has 0 saturated heterocycles. The van der Waals surface area contributed by atoms with E-state index in [1.54, 1.807) is 6.92 Å². The summed E-state index contributed by atoms with van der Waals surface area (Å²) in [6.07, 6.45) is 2.45. The van der Waals surface area contributed by atoms with Gasteiger partial charge >= 0.3 is 0 Å². The number of hydrogen-bond acceptors (Lipinski definition) is 3. The zero-order valence-electron chi connectivity index (χ0n) is 10.7. The Balaban J connectivity index is 2.09. The molecular formula is C14H17N3O. The SMILES string of the molecule is CC(N)C(=O)c1ccc2c(c1)nc(C1CC1)n2C. The molecule has 1 aromatic heterocycles. The second-order valence-corrected chi connectivity index (χ2v) is 5.16. The predicted octanol–water partition coefficient (Wildman–Crippen LogP) is 1.98. The molecule has 0 bridgehead atoms. The third-order valence-electron chi connectivity index (χ3n) is 3.56. The zero-order chi connectivity index (χ0) is 12.9. The number of carbonyl (C=O) groups is 1. The Labute approximate surface area is 106 Å². The highest BCUT2D eigenvalue weighted by Crippen LogP contribution is 2.40. The van der Waals surface area contributed by atoms with E-state index in [2.05, 4.69) is 9.55 Å². The number of nitrogens with zero attached hydrogens (tertiary/aromatic N) is 2. The molecule has 1 atom stereocenters. The van der Waals surface area contributed by atoms with Crippen LogP contribution >= 0.6 is 0 Å². The smallest absolute Gasteiger partial charge is 0.179 e. The molecule has 1 aliphatic rings. The van der Waals surface area contributed by atoms with Gasteiger partial charge in [-0.15, -0.1) is 0 Å². The Morgan fingerprint density at radius 2 is 2.22 bits per heavy atom. The van der Waals surface area contributed by atoms with Gasteiger partial charge in [-0.2, -0.15) is 0 Å². The van der Waals surface area contributed by atoms with Gasteiger partial charge in [-0.05, 0) is 38.0 Å². The van der Waals surface area contributed by atoms with E-state index in [1.807, 2.05) is 25.2 Å². The first kappa shape index (κ1) is 11.4.